The normalized spacial score (nSPS) is 11.5. The van der Waals surface area contributed by atoms with E-state index in [0.29, 0.717) is 16.1 Å². The minimum absolute atomic E-state index is 0.186. The summed E-state index contributed by atoms with van der Waals surface area (Å²) in [5.41, 5.74) is 4.62. The Labute approximate surface area is 142 Å². The van der Waals surface area contributed by atoms with Crippen molar-refractivity contribution in [2.75, 3.05) is 5.32 Å². The standard InChI is InChI=1S/C17H16N4O2S/c1-11(22)18-13-7-5-6-12(10-13)16(23)19-20-17-21(2)14-8-3-4-9-15(14)24-17/h3-10H,1-2H3,(H,18,22)(H,19,23)/b20-17-. The fourth-order valence-electron chi connectivity index (χ4n) is 2.29. The van der Waals surface area contributed by atoms with Crippen molar-refractivity contribution >= 4 is 39.1 Å². The van der Waals surface area contributed by atoms with Gasteiger partial charge in [-0.15, -0.1) is 5.10 Å². The lowest BCUT2D eigenvalue weighted by Gasteiger charge is -2.04. The lowest BCUT2D eigenvalue weighted by Crippen LogP contribution is -2.23. The first kappa shape index (κ1) is 15.9. The smallest absolute Gasteiger partial charge is 0.271 e. The van der Waals surface area contributed by atoms with Gasteiger partial charge >= 0.3 is 0 Å². The van der Waals surface area contributed by atoms with Gasteiger partial charge in [-0.05, 0) is 30.3 Å². The van der Waals surface area contributed by atoms with Crippen molar-refractivity contribution in [3.8, 4) is 0 Å². The molecule has 0 aliphatic heterocycles. The van der Waals surface area contributed by atoms with Gasteiger partial charge in [0.15, 0.2) is 0 Å². The minimum Gasteiger partial charge on any atom is -0.326 e. The number of hydrogen-bond donors (Lipinski definition) is 2. The van der Waals surface area contributed by atoms with Gasteiger partial charge in [0.05, 0.1) is 10.2 Å². The Morgan fingerprint density at radius 2 is 1.92 bits per heavy atom. The molecule has 3 aromatic rings. The van der Waals surface area contributed by atoms with Crippen molar-refractivity contribution in [1.29, 1.82) is 0 Å². The third-order valence-corrected chi connectivity index (χ3v) is 4.53. The van der Waals surface area contributed by atoms with Crippen LogP contribution in [0, 0.1) is 0 Å². The van der Waals surface area contributed by atoms with Gasteiger partial charge in [-0.2, -0.15) is 0 Å². The number of rotatable bonds is 3. The lowest BCUT2D eigenvalue weighted by molar-refractivity contribution is -0.114. The number of nitrogens with zero attached hydrogens (tertiary/aromatic N) is 2. The fraction of sp³-hybridized carbons (Fsp3) is 0.118. The maximum absolute atomic E-state index is 12.3. The average Bonchev–Trinajstić information content (AvgIpc) is 2.89. The number of nitrogens with one attached hydrogen (secondary N) is 2. The number of anilines is 1. The molecule has 2 N–H and O–H groups in total. The molecular formula is C17H16N4O2S. The van der Waals surface area contributed by atoms with E-state index in [1.165, 1.54) is 18.3 Å². The van der Waals surface area contributed by atoms with Gasteiger partial charge in [-0.3, -0.25) is 9.59 Å². The summed E-state index contributed by atoms with van der Waals surface area (Å²) in [7, 11) is 1.90. The minimum atomic E-state index is -0.334. The molecule has 0 unspecified atom stereocenters. The van der Waals surface area contributed by atoms with Crippen LogP contribution in [-0.2, 0) is 11.8 Å². The Kier molecular flexibility index (Phi) is 4.43. The number of thiazole rings is 1. The van der Waals surface area contributed by atoms with E-state index in [1.54, 1.807) is 24.3 Å². The third-order valence-electron chi connectivity index (χ3n) is 3.41. The van der Waals surface area contributed by atoms with Gasteiger partial charge in [-0.25, -0.2) is 5.43 Å². The van der Waals surface area contributed by atoms with Crippen LogP contribution in [0.3, 0.4) is 0 Å². The molecule has 0 bridgehead atoms. The maximum Gasteiger partial charge on any atom is 0.271 e. The highest BCUT2D eigenvalue weighted by atomic mass is 32.1. The Balaban J connectivity index is 1.84. The van der Waals surface area contributed by atoms with Crippen molar-refractivity contribution in [2.24, 2.45) is 12.1 Å². The number of para-hydroxylation sites is 1. The van der Waals surface area contributed by atoms with E-state index < -0.39 is 0 Å². The van der Waals surface area contributed by atoms with E-state index in [2.05, 4.69) is 15.8 Å². The summed E-state index contributed by atoms with van der Waals surface area (Å²) in [6.07, 6.45) is 0. The molecule has 0 saturated carbocycles. The van der Waals surface area contributed by atoms with Crippen molar-refractivity contribution in [3.05, 3.63) is 58.9 Å². The summed E-state index contributed by atoms with van der Waals surface area (Å²) in [6, 6.07) is 14.7. The molecule has 0 aliphatic carbocycles. The molecule has 3 rings (SSSR count). The largest absolute Gasteiger partial charge is 0.326 e. The first-order valence-corrected chi connectivity index (χ1v) is 8.12. The molecule has 0 fully saturated rings. The summed E-state index contributed by atoms with van der Waals surface area (Å²) in [6.45, 7) is 1.42. The van der Waals surface area contributed by atoms with E-state index in [0.717, 1.165) is 10.2 Å². The molecule has 1 aromatic heterocycles. The predicted octanol–water partition coefficient (Wildman–Crippen LogP) is 2.44. The summed E-state index contributed by atoms with van der Waals surface area (Å²) in [4.78, 5) is 24.1. The number of aryl methyl sites for hydroxylation is 1. The lowest BCUT2D eigenvalue weighted by atomic mass is 10.2. The molecule has 7 heteroatoms. The molecule has 0 aliphatic rings. The quantitative estimate of drug-likeness (QED) is 0.719. The molecule has 0 atom stereocenters. The Morgan fingerprint density at radius 1 is 1.12 bits per heavy atom. The van der Waals surface area contributed by atoms with Crippen LogP contribution in [0.25, 0.3) is 10.2 Å². The summed E-state index contributed by atoms with van der Waals surface area (Å²) in [5.74, 6) is -0.519. The van der Waals surface area contributed by atoms with Crippen LogP contribution in [-0.4, -0.2) is 16.4 Å². The Morgan fingerprint density at radius 3 is 2.67 bits per heavy atom. The molecule has 1 heterocycles. The molecule has 2 amide bonds. The van der Waals surface area contributed by atoms with E-state index >= 15 is 0 Å². The van der Waals surface area contributed by atoms with E-state index in [-0.39, 0.29) is 11.8 Å². The van der Waals surface area contributed by atoms with E-state index in [9.17, 15) is 9.59 Å². The molecule has 0 radical (unpaired) electrons. The predicted molar refractivity (Wildman–Crippen MR) is 94.6 cm³/mol. The zero-order valence-electron chi connectivity index (χ0n) is 13.2. The van der Waals surface area contributed by atoms with Crippen molar-refractivity contribution in [1.82, 2.24) is 9.99 Å². The second kappa shape index (κ2) is 6.67. The number of hydrogen-bond acceptors (Lipinski definition) is 4. The molecule has 6 nitrogen and oxygen atoms in total. The van der Waals surface area contributed by atoms with Gasteiger partial charge in [0.25, 0.3) is 5.91 Å². The van der Waals surface area contributed by atoms with Crippen LogP contribution in [0.4, 0.5) is 5.69 Å². The van der Waals surface area contributed by atoms with Crippen LogP contribution in [0.2, 0.25) is 0 Å². The highest BCUT2D eigenvalue weighted by molar-refractivity contribution is 7.16. The molecule has 0 spiro atoms. The van der Waals surface area contributed by atoms with Gasteiger partial charge in [-0.1, -0.05) is 29.5 Å². The van der Waals surface area contributed by atoms with Gasteiger partial charge < -0.3 is 9.88 Å². The Bertz CT molecular complexity index is 987. The number of aromatic nitrogens is 1. The van der Waals surface area contributed by atoms with Gasteiger partial charge in [0.2, 0.25) is 10.7 Å². The molecule has 122 valence electrons. The summed E-state index contributed by atoms with van der Waals surface area (Å²) >= 11 is 1.50. The molecular weight excluding hydrogens is 324 g/mol. The highest BCUT2D eigenvalue weighted by Gasteiger charge is 2.07. The van der Waals surface area contributed by atoms with E-state index in [1.807, 2.05) is 35.9 Å². The topological polar surface area (TPSA) is 75.5 Å². The van der Waals surface area contributed by atoms with Crippen molar-refractivity contribution < 1.29 is 9.59 Å². The van der Waals surface area contributed by atoms with Crippen LogP contribution in [0.1, 0.15) is 17.3 Å². The van der Waals surface area contributed by atoms with Crippen LogP contribution in [0.15, 0.2) is 53.6 Å². The molecule has 24 heavy (non-hydrogen) atoms. The van der Waals surface area contributed by atoms with Crippen LogP contribution in [0.5, 0.6) is 0 Å². The van der Waals surface area contributed by atoms with Gasteiger partial charge in [0, 0.05) is 25.2 Å². The highest BCUT2D eigenvalue weighted by Crippen LogP contribution is 2.15. The van der Waals surface area contributed by atoms with E-state index in [4.69, 9.17) is 0 Å². The SMILES string of the molecule is CC(=O)Nc1cccc(C(=O)N/N=c2\sc3ccccc3n2C)c1. The number of benzene rings is 2. The average molecular weight is 340 g/mol. The fourth-order valence-corrected chi connectivity index (χ4v) is 3.27. The number of carbonyl (C=O) groups is 2. The third kappa shape index (κ3) is 3.36. The Hall–Kier alpha value is -2.93. The number of amides is 2. The maximum atomic E-state index is 12.3. The first-order valence-electron chi connectivity index (χ1n) is 7.31. The summed E-state index contributed by atoms with van der Waals surface area (Å²) in [5, 5.41) is 6.85. The zero-order chi connectivity index (χ0) is 17.1. The second-order valence-electron chi connectivity index (χ2n) is 5.23. The van der Waals surface area contributed by atoms with Crippen molar-refractivity contribution in [2.45, 2.75) is 6.92 Å². The zero-order valence-corrected chi connectivity index (χ0v) is 14.1. The first-order chi connectivity index (χ1) is 11.5. The summed E-state index contributed by atoms with van der Waals surface area (Å²) < 4.78 is 3.02. The van der Waals surface area contributed by atoms with Crippen LogP contribution >= 0.6 is 11.3 Å². The second-order valence-corrected chi connectivity index (χ2v) is 6.24. The molecule has 0 saturated heterocycles. The number of carbonyl (C=O) groups excluding carboxylic acids is 2. The molecule has 2 aromatic carbocycles. The monoisotopic (exact) mass is 340 g/mol. The van der Waals surface area contributed by atoms with Crippen molar-refractivity contribution in [3.63, 3.8) is 0 Å². The van der Waals surface area contributed by atoms with Gasteiger partial charge in [0.1, 0.15) is 0 Å². The number of fused-ring (bicyclic) bond motifs is 1. The van der Waals surface area contributed by atoms with Crippen LogP contribution < -0.4 is 15.5 Å².